The molecule has 1 aliphatic rings. The second-order valence-corrected chi connectivity index (χ2v) is 3.41. The molecule has 0 radical (unpaired) electrons. The molecule has 0 saturated heterocycles. The Kier molecular flexibility index (Phi) is 1.75. The van der Waals surface area contributed by atoms with Crippen LogP contribution >= 0.6 is 0 Å². The molecular weight excluding hydrogens is 174 g/mol. The number of hydrogen-bond acceptors (Lipinski definition) is 1. The van der Waals surface area contributed by atoms with Crippen LogP contribution in [0.3, 0.4) is 0 Å². The number of aromatic hydroxyl groups is 1. The molecule has 0 heterocycles. The highest BCUT2D eigenvalue weighted by molar-refractivity contribution is 5.37. The predicted octanol–water partition coefficient (Wildman–Crippen LogP) is 2.90. The van der Waals surface area contributed by atoms with Gasteiger partial charge >= 0.3 is 0 Å². The first-order chi connectivity index (χ1) is 6.11. The average Bonchev–Trinajstić information content (AvgIpc) is 2.07. The second kappa shape index (κ2) is 2.69. The fourth-order valence-electron chi connectivity index (χ4n) is 1.67. The van der Waals surface area contributed by atoms with Gasteiger partial charge in [0.25, 0.3) is 5.92 Å². The molecule has 1 unspecified atom stereocenters. The molecule has 1 nitrogen and oxygen atoms in total. The lowest BCUT2D eigenvalue weighted by Gasteiger charge is -2.36. The molecule has 0 amide bonds. The van der Waals surface area contributed by atoms with Gasteiger partial charge in [0, 0.05) is 12.0 Å². The van der Waals surface area contributed by atoms with Gasteiger partial charge in [-0.2, -0.15) is 0 Å². The molecule has 1 fully saturated rings. The molecular formula is C10H10F2O. The number of para-hydroxylation sites is 1. The van der Waals surface area contributed by atoms with Crippen LogP contribution in [-0.4, -0.2) is 11.0 Å². The van der Waals surface area contributed by atoms with E-state index >= 15 is 0 Å². The first kappa shape index (κ1) is 8.48. The Balaban J connectivity index is 2.32. The van der Waals surface area contributed by atoms with Crippen LogP contribution in [-0.2, 0) is 0 Å². The third-order valence-corrected chi connectivity index (χ3v) is 2.59. The monoisotopic (exact) mass is 184 g/mol. The molecule has 1 atom stereocenters. The minimum Gasteiger partial charge on any atom is -0.508 e. The van der Waals surface area contributed by atoms with Crippen molar-refractivity contribution in [2.75, 3.05) is 0 Å². The molecule has 13 heavy (non-hydrogen) atoms. The molecule has 1 saturated carbocycles. The van der Waals surface area contributed by atoms with Crippen LogP contribution in [0.2, 0.25) is 0 Å². The maximum absolute atomic E-state index is 13.0. The number of halogens is 2. The Hall–Kier alpha value is -1.12. The molecule has 1 aliphatic carbocycles. The Morgan fingerprint density at radius 1 is 1.31 bits per heavy atom. The van der Waals surface area contributed by atoms with E-state index in [2.05, 4.69) is 0 Å². The highest BCUT2D eigenvalue weighted by atomic mass is 19.3. The lowest BCUT2D eigenvalue weighted by molar-refractivity contribution is -0.0967. The molecule has 0 aliphatic heterocycles. The van der Waals surface area contributed by atoms with Crippen molar-refractivity contribution >= 4 is 0 Å². The summed E-state index contributed by atoms with van der Waals surface area (Å²) < 4.78 is 25.9. The highest BCUT2D eigenvalue weighted by Crippen LogP contribution is 2.51. The second-order valence-electron chi connectivity index (χ2n) is 3.41. The Morgan fingerprint density at radius 3 is 2.46 bits per heavy atom. The van der Waals surface area contributed by atoms with Gasteiger partial charge in [-0.15, -0.1) is 0 Å². The van der Waals surface area contributed by atoms with E-state index in [1.165, 1.54) is 6.07 Å². The van der Waals surface area contributed by atoms with Gasteiger partial charge in [-0.1, -0.05) is 18.2 Å². The minimum absolute atomic E-state index is 0.0214. The Morgan fingerprint density at radius 2 is 2.00 bits per heavy atom. The lowest BCUT2D eigenvalue weighted by atomic mass is 9.76. The van der Waals surface area contributed by atoms with Gasteiger partial charge < -0.3 is 5.11 Å². The Labute approximate surface area is 75.0 Å². The number of alkyl halides is 2. The van der Waals surface area contributed by atoms with Crippen molar-refractivity contribution in [2.45, 2.75) is 24.7 Å². The number of phenols is 1. The van der Waals surface area contributed by atoms with Crippen molar-refractivity contribution < 1.29 is 13.9 Å². The summed E-state index contributed by atoms with van der Waals surface area (Å²) in [6, 6.07) is 6.32. The topological polar surface area (TPSA) is 20.2 Å². The third kappa shape index (κ3) is 1.28. The van der Waals surface area contributed by atoms with Crippen LogP contribution in [0.4, 0.5) is 8.78 Å². The standard InChI is InChI=1S/C10H10F2O/c11-10(12)6-5-8(10)7-3-1-2-4-9(7)13/h1-4,8,13H,5-6H2. The summed E-state index contributed by atoms with van der Waals surface area (Å²) in [5.74, 6) is -3.43. The zero-order chi connectivity index (χ0) is 9.47. The van der Waals surface area contributed by atoms with Crippen LogP contribution < -0.4 is 0 Å². The van der Waals surface area contributed by atoms with E-state index in [4.69, 9.17) is 0 Å². The van der Waals surface area contributed by atoms with Crippen LogP contribution in [0.5, 0.6) is 5.75 Å². The lowest BCUT2D eigenvalue weighted by Crippen LogP contribution is -2.36. The van der Waals surface area contributed by atoms with E-state index in [-0.39, 0.29) is 12.2 Å². The molecule has 70 valence electrons. The van der Waals surface area contributed by atoms with Gasteiger partial charge in [0.15, 0.2) is 0 Å². The van der Waals surface area contributed by atoms with Crippen LogP contribution in [0, 0.1) is 0 Å². The summed E-state index contributed by atoms with van der Waals surface area (Å²) in [5.41, 5.74) is 0.374. The number of rotatable bonds is 1. The van der Waals surface area contributed by atoms with Crippen LogP contribution in [0.1, 0.15) is 24.3 Å². The predicted molar refractivity (Wildman–Crippen MR) is 45.0 cm³/mol. The normalized spacial score (nSPS) is 25.2. The number of phenolic OH excluding ortho intramolecular Hbond substituents is 1. The number of hydrogen-bond donors (Lipinski definition) is 1. The molecule has 1 N–H and O–H groups in total. The van der Waals surface area contributed by atoms with Crippen molar-refractivity contribution in [1.29, 1.82) is 0 Å². The summed E-state index contributed by atoms with van der Waals surface area (Å²) in [5, 5.41) is 9.34. The van der Waals surface area contributed by atoms with E-state index in [9.17, 15) is 13.9 Å². The fraction of sp³-hybridized carbons (Fsp3) is 0.400. The largest absolute Gasteiger partial charge is 0.508 e. The third-order valence-electron chi connectivity index (χ3n) is 2.59. The van der Waals surface area contributed by atoms with Gasteiger partial charge in [-0.05, 0) is 12.5 Å². The van der Waals surface area contributed by atoms with Crippen molar-refractivity contribution in [3.05, 3.63) is 29.8 Å². The van der Waals surface area contributed by atoms with Gasteiger partial charge in [-0.25, -0.2) is 8.78 Å². The maximum Gasteiger partial charge on any atom is 0.255 e. The van der Waals surface area contributed by atoms with Gasteiger partial charge in [-0.3, -0.25) is 0 Å². The first-order valence-electron chi connectivity index (χ1n) is 4.27. The summed E-state index contributed by atoms with van der Waals surface area (Å²) in [6.45, 7) is 0. The van der Waals surface area contributed by atoms with Crippen LogP contribution in [0.25, 0.3) is 0 Å². The molecule has 0 bridgehead atoms. The van der Waals surface area contributed by atoms with E-state index in [0.717, 1.165) is 0 Å². The fourth-order valence-corrected chi connectivity index (χ4v) is 1.67. The summed E-state index contributed by atoms with van der Waals surface area (Å²) in [6.07, 6.45) is 0.399. The molecule has 1 aromatic rings. The molecule has 0 spiro atoms. The van der Waals surface area contributed by atoms with Crippen molar-refractivity contribution in [2.24, 2.45) is 0 Å². The minimum atomic E-state index is -2.63. The van der Waals surface area contributed by atoms with Crippen molar-refractivity contribution in [1.82, 2.24) is 0 Å². The van der Waals surface area contributed by atoms with Crippen LogP contribution in [0.15, 0.2) is 24.3 Å². The Bertz CT molecular complexity index is 322. The maximum atomic E-state index is 13.0. The average molecular weight is 184 g/mol. The van der Waals surface area contributed by atoms with Gasteiger partial charge in [0.1, 0.15) is 5.75 Å². The zero-order valence-electron chi connectivity index (χ0n) is 7.00. The van der Waals surface area contributed by atoms with E-state index in [1.54, 1.807) is 18.2 Å². The molecule has 3 heteroatoms. The molecule has 0 aromatic heterocycles. The molecule has 2 rings (SSSR count). The smallest absolute Gasteiger partial charge is 0.255 e. The summed E-state index contributed by atoms with van der Waals surface area (Å²) >= 11 is 0. The highest BCUT2D eigenvalue weighted by Gasteiger charge is 2.49. The summed E-state index contributed by atoms with van der Waals surface area (Å²) in [4.78, 5) is 0. The van der Waals surface area contributed by atoms with E-state index in [0.29, 0.717) is 12.0 Å². The SMILES string of the molecule is Oc1ccccc1C1CCC1(F)F. The van der Waals surface area contributed by atoms with Gasteiger partial charge in [0.2, 0.25) is 0 Å². The zero-order valence-corrected chi connectivity index (χ0v) is 7.00. The van der Waals surface area contributed by atoms with Gasteiger partial charge in [0.05, 0.1) is 5.92 Å². The van der Waals surface area contributed by atoms with E-state index in [1.807, 2.05) is 0 Å². The van der Waals surface area contributed by atoms with Crippen molar-refractivity contribution in [3.8, 4) is 5.75 Å². The van der Waals surface area contributed by atoms with Crippen molar-refractivity contribution in [3.63, 3.8) is 0 Å². The van der Waals surface area contributed by atoms with E-state index < -0.39 is 11.8 Å². The molecule has 1 aromatic carbocycles. The quantitative estimate of drug-likeness (QED) is 0.711. The first-order valence-corrected chi connectivity index (χ1v) is 4.27. The summed E-state index contributed by atoms with van der Waals surface area (Å²) in [7, 11) is 0. The number of benzene rings is 1.